The van der Waals surface area contributed by atoms with Gasteiger partial charge in [-0.3, -0.25) is 0 Å². The van der Waals surface area contributed by atoms with Crippen LogP contribution in [0.4, 0.5) is 4.79 Å². The van der Waals surface area contributed by atoms with Crippen LogP contribution in [-0.4, -0.2) is 35.7 Å². The number of carboxylic acid groups (broad SMARTS) is 1. The Morgan fingerprint density at radius 3 is 2.21 bits per heavy atom. The number of amides is 1. The van der Waals surface area contributed by atoms with Crippen molar-refractivity contribution in [1.82, 2.24) is 4.90 Å². The van der Waals surface area contributed by atoms with Crippen LogP contribution in [0.25, 0.3) is 0 Å². The predicted octanol–water partition coefficient (Wildman–Crippen LogP) is -0.397. The van der Waals surface area contributed by atoms with Gasteiger partial charge in [-0.1, -0.05) is 0 Å². The molecule has 1 saturated heterocycles. The van der Waals surface area contributed by atoms with Crippen molar-refractivity contribution in [2.24, 2.45) is 5.92 Å². The predicted molar refractivity (Wildman–Crippen MR) is 46.3 cm³/mol. The maximum absolute atomic E-state index is 11.3. The van der Waals surface area contributed by atoms with Gasteiger partial charge < -0.3 is 19.5 Å². The minimum absolute atomic E-state index is 0.192. The molecule has 1 aliphatic rings. The summed E-state index contributed by atoms with van der Waals surface area (Å²) in [5.74, 6) is -1.65. The van der Waals surface area contributed by atoms with E-state index in [1.165, 1.54) is 4.90 Å². The first-order valence-corrected chi connectivity index (χ1v) is 4.48. The van der Waals surface area contributed by atoms with Crippen molar-refractivity contribution in [3.05, 3.63) is 0 Å². The van der Waals surface area contributed by atoms with E-state index in [4.69, 9.17) is 4.74 Å². The van der Waals surface area contributed by atoms with E-state index in [1.54, 1.807) is 20.8 Å². The summed E-state index contributed by atoms with van der Waals surface area (Å²) in [4.78, 5) is 23.0. The highest BCUT2D eigenvalue weighted by Gasteiger charge is 2.34. The molecule has 0 bridgehead atoms. The van der Waals surface area contributed by atoms with E-state index in [-0.39, 0.29) is 13.1 Å². The molecule has 1 rings (SSSR count). The zero-order valence-electron chi connectivity index (χ0n) is 8.57. The Kier molecular flexibility index (Phi) is 2.69. The lowest BCUT2D eigenvalue weighted by atomic mass is 10.0. The number of likely N-dealkylation sites (tertiary alicyclic amines) is 1. The van der Waals surface area contributed by atoms with Gasteiger partial charge in [0.25, 0.3) is 0 Å². The molecule has 0 aromatic heterocycles. The van der Waals surface area contributed by atoms with Gasteiger partial charge in [0.2, 0.25) is 0 Å². The summed E-state index contributed by atoms with van der Waals surface area (Å²) in [6.07, 6.45) is -0.463. The molecule has 0 aliphatic carbocycles. The molecule has 5 nitrogen and oxygen atoms in total. The largest absolute Gasteiger partial charge is 0.550 e. The standard InChI is InChI=1S/C9H15NO4/c1-9(2,3)14-8(13)10-4-6(5-10)7(11)12/h6H,4-5H2,1-3H3,(H,11,12)/p-1. The van der Waals surface area contributed by atoms with Crippen LogP contribution in [0.1, 0.15) is 20.8 Å². The van der Waals surface area contributed by atoms with Crippen molar-refractivity contribution in [2.75, 3.05) is 13.1 Å². The fourth-order valence-electron chi connectivity index (χ4n) is 1.10. The fourth-order valence-corrected chi connectivity index (χ4v) is 1.10. The summed E-state index contributed by atoms with van der Waals surface area (Å²) >= 11 is 0. The van der Waals surface area contributed by atoms with Crippen molar-refractivity contribution in [3.63, 3.8) is 0 Å². The molecule has 0 radical (unpaired) electrons. The molecule has 0 aromatic carbocycles. The van der Waals surface area contributed by atoms with Gasteiger partial charge in [0.05, 0.1) is 0 Å². The molecule has 5 heteroatoms. The molecular formula is C9H14NO4-. The van der Waals surface area contributed by atoms with Gasteiger partial charge in [-0.05, 0) is 20.8 Å². The summed E-state index contributed by atoms with van der Waals surface area (Å²) in [5, 5.41) is 10.3. The molecule has 0 spiro atoms. The third kappa shape index (κ3) is 2.61. The second-order valence-electron chi connectivity index (χ2n) is 4.40. The van der Waals surface area contributed by atoms with Crippen LogP contribution in [0.5, 0.6) is 0 Å². The summed E-state index contributed by atoms with van der Waals surface area (Å²) in [5.41, 5.74) is -0.538. The van der Waals surface area contributed by atoms with Crippen molar-refractivity contribution >= 4 is 12.1 Å². The van der Waals surface area contributed by atoms with Crippen molar-refractivity contribution in [1.29, 1.82) is 0 Å². The fraction of sp³-hybridized carbons (Fsp3) is 0.778. The lowest BCUT2D eigenvalue weighted by molar-refractivity contribution is -0.315. The van der Waals surface area contributed by atoms with Crippen LogP contribution >= 0.6 is 0 Å². The number of ether oxygens (including phenoxy) is 1. The van der Waals surface area contributed by atoms with Crippen molar-refractivity contribution in [3.8, 4) is 0 Å². The van der Waals surface area contributed by atoms with E-state index < -0.39 is 23.6 Å². The van der Waals surface area contributed by atoms with E-state index in [0.29, 0.717) is 0 Å². The highest BCUT2D eigenvalue weighted by Crippen LogP contribution is 2.18. The van der Waals surface area contributed by atoms with Gasteiger partial charge >= 0.3 is 6.09 Å². The van der Waals surface area contributed by atoms with E-state index in [0.717, 1.165) is 0 Å². The number of hydrogen-bond acceptors (Lipinski definition) is 4. The SMILES string of the molecule is CC(C)(C)OC(=O)N1CC(C(=O)[O-])C1. The first-order chi connectivity index (χ1) is 6.29. The van der Waals surface area contributed by atoms with E-state index in [1.807, 2.05) is 0 Å². The van der Waals surface area contributed by atoms with E-state index in [9.17, 15) is 14.7 Å². The number of nitrogens with zero attached hydrogens (tertiary/aromatic N) is 1. The third-order valence-electron chi connectivity index (χ3n) is 1.87. The minimum Gasteiger partial charge on any atom is -0.550 e. The molecule has 1 aliphatic heterocycles. The Morgan fingerprint density at radius 1 is 1.36 bits per heavy atom. The first-order valence-electron chi connectivity index (χ1n) is 4.48. The monoisotopic (exact) mass is 200 g/mol. The van der Waals surface area contributed by atoms with Gasteiger partial charge in [0, 0.05) is 25.0 Å². The molecule has 0 N–H and O–H groups in total. The Morgan fingerprint density at radius 2 is 1.86 bits per heavy atom. The molecule has 80 valence electrons. The summed E-state index contributed by atoms with van der Waals surface area (Å²) in [7, 11) is 0. The Hall–Kier alpha value is -1.26. The lowest BCUT2D eigenvalue weighted by Crippen LogP contribution is -2.57. The molecule has 1 amide bonds. The average molecular weight is 200 g/mol. The van der Waals surface area contributed by atoms with Crippen LogP contribution in [0.15, 0.2) is 0 Å². The number of carbonyl (C=O) groups excluding carboxylic acids is 2. The van der Waals surface area contributed by atoms with Gasteiger partial charge in [0.1, 0.15) is 5.60 Å². The molecule has 14 heavy (non-hydrogen) atoms. The highest BCUT2D eigenvalue weighted by atomic mass is 16.6. The van der Waals surface area contributed by atoms with E-state index in [2.05, 4.69) is 0 Å². The molecular weight excluding hydrogens is 186 g/mol. The quantitative estimate of drug-likeness (QED) is 0.577. The van der Waals surface area contributed by atoms with Crippen LogP contribution in [-0.2, 0) is 9.53 Å². The number of carboxylic acids is 1. The zero-order chi connectivity index (χ0) is 10.9. The van der Waals surface area contributed by atoms with Crippen LogP contribution in [0.3, 0.4) is 0 Å². The minimum atomic E-state index is -1.11. The van der Waals surface area contributed by atoms with Gasteiger partial charge in [0.15, 0.2) is 0 Å². The summed E-state index contributed by atoms with van der Waals surface area (Å²) < 4.78 is 5.04. The molecule has 0 saturated carbocycles. The molecule has 1 fully saturated rings. The number of rotatable bonds is 1. The Bertz CT molecular complexity index is 250. The van der Waals surface area contributed by atoms with E-state index >= 15 is 0 Å². The average Bonchev–Trinajstić information content (AvgIpc) is 1.75. The highest BCUT2D eigenvalue weighted by molar-refractivity contribution is 5.75. The first kappa shape index (κ1) is 10.8. The van der Waals surface area contributed by atoms with Gasteiger partial charge in [-0.15, -0.1) is 0 Å². The lowest BCUT2D eigenvalue weighted by Gasteiger charge is -2.40. The van der Waals surface area contributed by atoms with Gasteiger partial charge in [-0.25, -0.2) is 4.79 Å². The Labute approximate surface area is 82.6 Å². The second-order valence-corrected chi connectivity index (χ2v) is 4.40. The van der Waals surface area contributed by atoms with Crippen LogP contribution in [0.2, 0.25) is 0 Å². The topological polar surface area (TPSA) is 69.7 Å². The van der Waals surface area contributed by atoms with Crippen LogP contribution in [0, 0.1) is 5.92 Å². The maximum Gasteiger partial charge on any atom is 0.410 e. The van der Waals surface area contributed by atoms with Crippen molar-refractivity contribution < 1.29 is 19.4 Å². The van der Waals surface area contributed by atoms with Gasteiger partial charge in [-0.2, -0.15) is 0 Å². The molecule has 0 aromatic rings. The number of aliphatic carboxylic acids is 1. The smallest absolute Gasteiger partial charge is 0.410 e. The normalized spacial score (nSPS) is 17.5. The summed E-state index contributed by atoms with van der Waals surface area (Å²) in [6, 6.07) is 0. The van der Waals surface area contributed by atoms with Crippen LogP contribution < -0.4 is 5.11 Å². The maximum atomic E-state index is 11.3. The zero-order valence-corrected chi connectivity index (χ0v) is 8.57. The molecule has 0 atom stereocenters. The third-order valence-corrected chi connectivity index (χ3v) is 1.87. The van der Waals surface area contributed by atoms with Crippen molar-refractivity contribution in [2.45, 2.75) is 26.4 Å². The second kappa shape index (κ2) is 3.48. The number of hydrogen-bond donors (Lipinski definition) is 0. The molecule has 1 heterocycles. The Balaban J connectivity index is 2.34. The molecule has 0 unspecified atom stereocenters. The number of carbonyl (C=O) groups is 2. The summed E-state index contributed by atoms with van der Waals surface area (Å²) in [6.45, 7) is 5.68.